The highest BCUT2D eigenvalue weighted by Crippen LogP contribution is 2.41. The molecule has 0 radical (unpaired) electrons. The number of nitrogens with one attached hydrogen (secondary N) is 1. The summed E-state index contributed by atoms with van der Waals surface area (Å²) in [4.78, 5) is 31.1. The summed E-state index contributed by atoms with van der Waals surface area (Å²) in [5.74, 6) is 0.155. The van der Waals surface area contributed by atoms with Crippen LogP contribution in [0.25, 0.3) is 0 Å². The minimum absolute atomic E-state index is 0.000473. The number of carbonyl (C=O) groups is 2. The first kappa shape index (κ1) is 20.2. The maximum atomic E-state index is 13.0. The molecule has 1 N–H and O–H groups in total. The molecule has 3 amide bonds. The summed E-state index contributed by atoms with van der Waals surface area (Å²) in [5.41, 5.74) is 2.68. The normalized spacial score (nSPS) is 21.8. The molecule has 4 rings (SSSR count). The number of rotatable bonds is 3. The second kappa shape index (κ2) is 8.34. The van der Waals surface area contributed by atoms with Crippen LogP contribution < -0.4 is 5.32 Å². The van der Waals surface area contributed by atoms with E-state index in [1.54, 1.807) is 4.90 Å². The summed E-state index contributed by atoms with van der Waals surface area (Å²) < 4.78 is 0. The van der Waals surface area contributed by atoms with E-state index in [1.807, 2.05) is 19.0 Å². The van der Waals surface area contributed by atoms with Crippen LogP contribution in [0.3, 0.4) is 0 Å². The van der Waals surface area contributed by atoms with Gasteiger partial charge in [-0.3, -0.25) is 9.69 Å². The molecule has 29 heavy (non-hydrogen) atoms. The SMILES string of the molecule is CN(C)C(=O)CN1CCC2(CC1)CN(C(=O)NC1CCCC1)Cc1ccccc12. The monoisotopic (exact) mass is 398 g/mol. The summed E-state index contributed by atoms with van der Waals surface area (Å²) >= 11 is 0. The van der Waals surface area contributed by atoms with Crippen LogP contribution in [0.2, 0.25) is 0 Å². The van der Waals surface area contributed by atoms with E-state index in [2.05, 4.69) is 34.5 Å². The standard InChI is InChI=1S/C23H34N4O2/c1-25(2)21(28)16-26-13-11-23(12-14-26)17-27(15-18-7-3-6-10-20(18)23)22(29)24-19-8-4-5-9-19/h3,6-7,10,19H,4-5,8-9,11-17H2,1-2H3,(H,24,29). The molecular weight excluding hydrogens is 364 g/mol. The van der Waals surface area contributed by atoms with Gasteiger partial charge in [0, 0.05) is 38.6 Å². The molecule has 1 aromatic rings. The second-order valence-corrected chi connectivity index (χ2v) is 9.29. The van der Waals surface area contributed by atoms with Gasteiger partial charge in [-0.2, -0.15) is 0 Å². The van der Waals surface area contributed by atoms with Crippen molar-refractivity contribution in [3.8, 4) is 0 Å². The Hall–Kier alpha value is -2.08. The minimum Gasteiger partial charge on any atom is -0.348 e. The molecule has 3 aliphatic rings. The number of hydrogen-bond donors (Lipinski definition) is 1. The van der Waals surface area contributed by atoms with Gasteiger partial charge in [-0.05, 0) is 49.9 Å². The van der Waals surface area contributed by atoms with Crippen molar-refractivity contribution in [2.45, 2.75) is 56.5 Å². The lowest BCUT2D eigenvalue weighted by Gasteiger charge is -2.48. The van der Waals surface area contributed by atoms with Gasteiger partial charge in [0.2, 0.25) is 5.91 Å². The molecule has 0 aromatic heterocycles. The van der Waals surface area contributed by atoms with E-state index in [9.17, 15) is 9.59 Å². The van der Waals surface area contributed by atoms with Gasteiger partial charge in [0.05, 0.1) is 6.54 Å². The molecule has 2 aliphatic heterocycles. The van der Waals surface area contributed by atoms with E-state index in [1.165, 1.54) is 24.0 Å². The predicted octanol–water partition coefficient (Wildman–Crippen LogP) is 2.58. The zero-order valence-electron chi connectivity index (χ0n) is 17.8. The smallest absolute Gasteiger partial charge is 0.317 e. The van der Waals surface area contributed by atoms with Gasteiger partial charge in [-0.15, -0.1) is 0 Å². The minimum atomic E-state index is -0.000473. The lowest BCUT2D eigenvalue weighted by molar-refractivity contribution is -0.130. The Labute approximate surface area is 174 Å². The van der Waals surface area contributed by atoms with Crippen molar-refractivity contribution in [2.24, 2.45) is 0 Å². The molecule has 0 atom stereocenters. The molecule has 2 heterocycles. The number of benzene rings is 1. The van der Waals surface area contributed by atoms with Gasteiger partial charge in [-0.25, -0.2) is 4.79 Å². The Morgan fingerprint density at radius 2 is 1.83 bits per heavy atom. The van der Waals surface area contributed by atoms with Crippen LogP contribution in [0.4, 0.5) is 4.79 Å². The summed E-state index contributed by atoms with van der Waals surface area (Å²) in [6, 6.07) is 9.06. The Morgan fingerprint density at radius 1 is 1.14 bits per heavy atom. The second-order valence-electron chi connectivity index (χ2n) is 9.29. The highest BCUT2D eigenvalue weighted by molar-refractivity contribution is 5.77. The van der Waals surface area contributed by atoms with Crippen LogP contribution in [0.5, 0.6) is 0 Å². The first-order valence-corrected chi connectivity index (χ1v) is 11.0. The molecule has 1 saturated heterocycles. The van der Waals surface area contributed by atoms with Crippen LogP contribution >= 0.6 is 0 Å². The number of amides is 3. The molecule has 2 fully saturated rings. The first-order chi connectivity index (χ1) is 14.0. The van der Waals surface area contributed by atoms with Crippen LogP contribution in [-0.2, 0) is 16.8 Å². The largest absolute Gasteiger partial charge is 0.348 e. The van der Waals surface area contributed by atoms with Gasteiger partial charge in [0.15, 0.2) is 0 Å². The third kappa shape index (κ3) is 4.27. The fraction of sp³-hybridized carbons (Fsp3) is 0.652. The molecule has 6 nitrogen and oxygen atoms in total. The van der Waals surface area contributed by atoms with Crippen molar-refractivity contribution >= 4 is 11.9 Å². The number of carbonyl (C=O) groups excluding carboxylic acids is 2. The van der Waals surface area contributed by atoms with E-state index in [0.717, 1.165) is 45.3 Å². The summed E-state index contributed by atoms with van der Waals surface area (Å²) in [6.07, 6.45) is 6.63. The maximum absolute atomic E-state index is 13.0. The van der Waals surface area contributed by atoms with Crippen LogP contribution in [-0.4, -0.2) is 73.0 Å². The van der Waals surface area contributed by atoms with Gasteiger partial charge in [-0.1, -0.05) is 37.1 Å². The average molecular weight is 399 g/mol. The highest BCUT2D eigenvalue weighted by atomic mass is 16.2. The van der Waals surface area contributed by atoms with E-state index < -0.39 is 0 Å². The lowest BCUT2D eigenvalue weighted by Crippen LogP contribution is -2.56. The molecule has 6 heteroatoms. The topological polar surface area (TPSA) is 55.9 Å². The molecule has 1 aromatic carbocycles. The van der Waals surface area contributed by atoms with Gasteiger partial charge in [0.1, 0.15) is 0 Å². The van der Waals surface area contributed by atoms with E-state index in [4.69, 9.17) is 0 Å². The maximum Gasteiger partial charge on any atom is 0.317 e. The fourth-order valence-corrected chi connectivity index (χ4v) is 5.27. The van der Waals surface area contributed by atoms with Gasteiger partial charge in [0.25, 0.3) is 0 Å². The number of piperidine rings is 1. The van der Waals surface area contributed by atoms with E-state index in [-0.39, 0.29) is 17.4 Å². The van der Waals surface area contributed by atoms with Crippen molar-refractivity contribution in [3.05, 3.63) is 35.4 Å². The number of hydrogen-bond acceptors (Lipinski definition) is 3. The van der Waals surface area contributed by atoms with Gasteiger partial charge >= 0.3 is 6.03 Å². The van der Waals surface area contributed by atoms with Gasteiger partial charge < -0.3 is 15.1 Å². The van der Waals surface area contributed by atoms with Crippen LogP contribution in [0.1, 0.15) is 49.7 Å². The third-order valence-corrected chi connectivity index (χ3v) is 7.08. The van der Waals surface area contributed by atoms with Crippen molar-refractivity contribution in [1.29, 1.82) is 0 Å². The average Bonchev–Trinajstić information content (AvgIpc) is 3.22. The summed E-state index contributed by atoms with van der Waals surface area (Å²) in [6.45, 7) is 3.74. The molecule has 0 bridgehead atoms. The van der Waals surface area contributed by atoms with E-state index >= 15 is 0 Å². The number of fused-ring (bicyclic) bond motifs is 2. The first-order valence-electron chi connectivity index (χ1n) is 11.0. The van der Waals surface area contributed by atoms with Crippen molar-refractivity contribution in [1.82, 2.24) is 20.0 Å². The quantitative estimate of drug-likeness (QED) is 0.851. The number of likely N-dealkylation sites (N-methyl/N-ethyl adjacent to an activating group) is 1. The zero-order valence-corrected chi connectivity index (χ0v) is 17.8. The number of urea groups is 1. The Bertz CT molecular complexity index is 749. The lowest BCUT2D eigenvalue weighted by atomic mass is 9.69. The fourth-order valence-electron chi connectivity index (χ4n) is 5.27. The Morgan fingerprint density at radius 3 is 2.52 bits per heavy atom. The zero-order chi connectivity index (χ0) is 20.4. The molecule has 1 saturated carbocycles. The summed E-state index contributed by atoms with van der Waals surface area (Å²) in [5, 5.41) is 3.28. The molecule has 1 spiro atoms. The number of likely N-dealkylation sites (tertiary alicyclic amines) is 1. The molecule has 0 unspecified atom stereocenters. The van der Waals surface area contributed by atoms with Crippen molar-refractivity contribution in [3.63, 3.8) is 0 Å². The highest BCUT2D eigenvalue weighted by Gasteiger charge is 2.43. The Balaban J connectivity index is 1.48. The third-order valence-electron chi connectivity index (χ3n) is 7.08. The van der Waals surface area contributed by atoms with E-state index in [0.29, 0.717) is 19.1 Å². The number of nitrogens with zero attached hydrogens (tertiary/aromatic N) is 3. The molecule has 1 aliphatic carbocycles. The Kier molecular flexibility index (Phi) is 5.81. The van der Waals surface area contributed by atoms with Crippen LogP contribution in [0.15, 0.2) is 24.3 Å². The predicted molar refractivity (Wildman–Crippen MR) is 114 cm³/mol. The molecular formula is C23H34N4O2. The molecule has 158 valence electrons. The van der Waals surface area contributed by atoms with Crippen molar-refractivity contribution in [2.75, 3.05) is 40.3 Å². The van der Waals surface area contributed by atoms with Crippen molar-refractivity contribution < 1.29 is 9.59 Å². The summed E-state index contributed by atoms with van der Waals surface area (Å²) in [7, 11) is 3.62. The van der Waals surface area contributed by atoms with Crippen LogP contribution in [0, 0.1) is 0 Å².